The number of pyridine rings is 1. The number of rotatable bonds is 3. The van der Waals surface area contributed by atoms with Crippen molar-refractivity contribution in [3.63, 3.8) is 0 Å². The molecular formula is C9H10N4OS. The van der Waals surface area contributed by atoms with Crippen molar-refractivity contribution in [2.75, 3.05) is 5.32 Å². The van der Waals surface area contributed by atoms with E-state index in [0.29, 0.717) is 6.54 Å². The topological polar surface area (TPSA) is 59.8 Å². The first-order valence-electron chi connectivity index (χ1n) is 4.42. The van der Waals surface area contributed by atoms with E-state index in [2.05, 4.69) is 14.9 Å². The molecule has 0 aliphatic rings. The molecule has 0 radical (unpaired) electrons. The van der Waals surface area contributed by atoms with Crippen LogP contribution >= 0.6 is 11.5 Å². The molecule has 1 N–H and O–H groups in total. The zero-order valence-electron chi connectivity index (χ0n) is 8.17. The minimum atomic E-state index is -0.0177. The Bertz CT molecular complexity index is 491. The Labute approximate surface area is 90.5 Å². The highest BCUT2D eigenvalue weighted by atomic mass is 32.1. The Morgan fingerprint density at radius 2 is 2.40 bits per heavy atom. The van der Waals surface area contributed by atoms with Gasteiger partial charge in [0.25, 0.3) is 0 Å². The van der Waals surface area contributed by atoms with Gasteiger partial charge in [-0.15, -0.1) is 5.10 Å². The van der Waals surface area contributed by atoms with Crippen molar-refractivity contribution < 1.29 is 0 Å². The summed E-state index contributed by atoms with van der Waals surface area (Å²) in [4.78, 5) is 11.1. The van der Waals surface area contributed by atoms with Crippen LogP contribution in [0.2, 0.25) is 0 Å². The van der Waals surface area contributed by atoms with Crippen molar-refractivity contribution in [3.05, 3.63) is 39.8 Å². The average molecular weight is 222 g/mol. The first kappa shape index (κ1) is 9.85. The molecule has 0 aliphatic heterocycles. The third-order valence-electron chi connectivity index (χ3n) is 1.96. The molecular weight excluding hydrogens is 212 g/mol. The van der Waals surface area contributed by atoms with Gasteiger partial charge in [0.15, 0.2) is 0 Å². The lowest BCUT2D eigenvalue weighted by Gasteiger charge is -2.05. The maximum atomic E-state index is 11.1. The van der Waals surface area contributed by atoms with Crippen LogP contribution in [0.5, 0.6) is 0 Å². The van der Waals surface area contributed by atoms with E-state index in [9.17, 15) is 4.79 Å². The molecule has 15 heavy (non-hydrogen) atoms. The van der Waals surface area contributed by atoms with E-state index < -0.39 is 0 Å². The third-order valence-corrected chi connectivity index (χ3v) is 2.52. The van der Waals surface area contributed by atoms with Gasteiger partial charge in [-0.1, -0.05) is 4.49 Å². The van der Waals surface area contributed by atoms with E-state index in [-0.39, 0.29) is 5.56 Å². The SMILES string of the molecule is Cn1cc(NCc2csnn2)ccc1=O. The summed E-state index contributed by atoms with van der Waals surface area (Å²) in [7, 11) is 1.72. The summed E-state index contributed by atoms with van der Waals surface area (Å²) in [5.74, 6) is 0. The Morgan fingerprint density at radius 1 is 1.53 bits per heavy atom. The van der Waals surface area contributed by atoms with E-state index in [4.69, 9.17) is 0 Å². The fourth-order valence-electron chi connectivity index (χ4n) is 1.15. The normalized spacial score (nSPS) is 10.2. The lowest BCUT2D eigenvalue weighted by Crippen LogP contribution is -2.15. The van der Waals surface area contributed by atoms with E-state index in [1.165, 1.54) is 22.2 Å². The van der Waals surface area contributed by atoms with Crippen molar-refractivity contribution in [1.29, 1.82) is 0 Å². The molecule has 6 heteroatoms. The number of aryl methyl sites for hydroxylation is 1. The molecule has 0 bridgehead atoms. The van der Waals surface area contributed by atoms with Crippen molar-refractivity contribution in [1.82, 2.24) is 14.2 Å². The average Bonchev–Trinajstić information content (AvgIpc) is 2.73. The Kier molecular flexibility index (Phi) is 2.77. The zero-order chi connectivity index (χ0) is 10.7. The van der Waals surface area contributed by atoms with Crippen LogP contribution in [0.4, 0.5) is 5.69 Å². The Morgan fingerprint density at radius 3 is 3.07 bits per heavy atom. The van der Waals surface area contributed by atoms with E-state index in [1.807, 2.05) is 5.38 Å². The van der Waals surface area contributed by atoms with Gasteiger partial charge in [0.05, 0.1) is 17.9 Å². The summed E-state index contributed by atoms with van der Waals surface area (Å²) in [6.45, 7) is 0.620. The van der Waals surface area contributed by atoms with Crippen LogP contribution in [-0.4, -0.2) is 14.2 Å². The predicted molar refractivity (Wildman–Crippen MR) is 58.9 cm³/mol. The monoisotopic (exact) mass is 222 g/mol. The fourth-order valence-corrected chi connectivity index (χ4v) is 1.60. The Balaban J connectivity index is 2.05. The molecule has 0 unspecified atom stereocenters. The lowest BCUT2D eigenvalue weighted by molar-refractivity contribution is 0.858. The molecule has 2 aromatic heterocycles. The quantitative estimate of drug-likeness (QED) is 0.836. The van der Waals surface area contributed by atoms with Crippen LogP contribution < -0.4 is 10.9 Å². The number of anilines is 1. The van der Waals surface area contributed by atoms with Gasteiger partial charge in [-0.3, -0.25) is 4.79 Å². The number of aromatic nitrogens is 3. The van der Waals surface area contributed by atoms with Gasteiger partial charge in [0.2, 0.25) is 5.56 Å². The van der Waals surface area contributed by atoms with Gasteiger partial charge < -0.3 is 9.88 Å². The number of nitrogens with one attached hydrogen (secondary N) is 1. The van der Waals surface area contributed by atoms with Crippen molar-refractivity contribution in [2.45, 2.75) is 6.54 Å². The van der Waals surface area contributed by atoms with E-state index >= 15 is 0 Å². The van der Waals surface area contributed by atoms with Crippen LogP contribution in [0.25, 0.3) is 0 Å². The van der Waals surface area contributed by atoms with Crippen LogP contribution in [0.3, 0.4) is 0 Å². The largest absolute Gasteiger partial charge is 0.378 e. The molecule has 0 spiro atoms. The minimum Gasteiger partial charge on any atom is -0.378 e. The maximum absolute atomic E-state index is 11.1. The molecule has 0 saturated carbocycles. The van der Waals surface area contributed by atoms with Gasteiger partial charge in [0, 0.05) is 24.7 Å². The molecule has 0 atom stereocenters. The van der Waals surface area contributed by atoms with Crippen LogP contribution in [0, 0.1) is 0 Å². The van der Waals surface area contributed by atoms with Gasteiger partial charge in [-0.05, 0) is 17.6 Å². The summed E-state index contributed by atoms with van der Waals surface area (Å²) >= 11 is 1.32. The second-order valence-corrected chi connectivity index (χ2v) is 3.73. The predicted octanol–water partition coefficient (Wildman–Crippen LogP) is 0.849. The van der Waals surface area contributed by atoms with Gasteiger partial charge in [-0.2, -0.15) is 0 Å². The molecule has 0 fully saturated rings. The first-order chi connectivity index (χ1) is 7.25. The summed E-state index contributed by atoms with van der Waals surface area (Å²) in [6, 6.07) is 3.28. The first-order valence-corrected chi connectivity index (χ1v) is 5.26. The molecule has 0 aliphatic carbocycles. The molecule has 0 amide bonds. The van der Waals surface area contributed by atoms with Crippen LogP contribution in [-0.2, 0) is 13.6 Å². The zero-order valence-corrected chi connectivity index (χ0v) is 8.99. The number of hydrogen-bond acceptors (Lipinski definition) is 5. The van der Waals surface area contributed by atoms with Crippen LogP contribution in [0.1, 0.15) is 5.69 Å². The maximum Gasteiger partial charge on any atom is 0.250 e. The van der Waals surface area contributed by atoms with Gasteiger partial charge in [0.1, 0.15) is 0 Å². The molecule has 5 nitrogen and oxygen atoms in total. The number of hydrogen-bond donors (Lipinski definition) is 1. The molecule has 78 valence electrons. The molecule has 2 heterocycles. The Hall–Kier alpha value is -1.69. The van der Waals surface area contributed by atoms with Gasteiger partial charge >= 0.3 is 0 Å². The standard InChI is InChI=1S/C9H10N4OS/c1-13-5-7(2-3-9(13)14)10-4-8-6-15-12-11-8/h2-3,5-6,10H,4H2,1H3. The third kappa shape index (κ3) is 2.41. The van der Waals surface area contributed by atoms with E-state index in [1.54, 1.807) is 19.3 Å². The second-order valence-electron chi connectivity index (χ2n) is 3.12. The highest BCUT2D eigenvalue weighted by Crippen LogP contribution is 2.05. The summed E-state index contributed by atoms with van der Waals surface area (Å²) in [5, 5.41) is 8.95. The highest BCUT2D eigenvalue weighted by molar-refractivity contribution is 7.03. The summed E-state index contributed by atoms with van der Waals surface area (Å²) in [6.07, 6.45) is 1.75. The minimum absolute atomic E-state index is 0.0177. The molecule has 0 saturated heterocycles. The fraction of sp³-hybridized carbons (Fsp3) is 0.222. The van der Waals surface area contributed by atoms with Gasteiger partial charge in [-0.25, -0.2) is 0 Å². The van der Waals surface area contributed by atoms with Crippen LogP contribution in [0.15, 0.2) is 28.5 Å². The van der Waals surface area contributed by atoms with Crippen molar-refractivity contribution in [3.8, 4) is 0 Å². The van der Waals surface area contributed by atoms with Crippen molar-refractivity contribution in [2.24, 2.45) is 7.05 Å². The van der Waals surface area contributed by atoms with E-state index in [0.717, 1.165) is 11.4 Å². The lowest BCUT2D eigenvalue weighted by atomic mass is 10.4. The summed E-state index contributed by atoms with van der Waals surface area (Å²) < 4.78 is 5.29. The molecule has 2 aromatic rings. The number of nitrogens with zero attached hydrogens (tertiary/aromatic N) is 3. The van der Waals surface area contributed by atoms with Crippen molar-refractivity contribution >= 4 is 17.2 Å². The second kappa shape index (κ2) is 4.22. The summed E-state index contributed by atoms with van der Waals surface area (Å²) in [5.41, 5.74) is 1.77. The molecule has 2 rings (SSSR count). The smallest absolute Gasteiger partial charge is 0.250 e. The molecule has 0 aromatic carbocycles. The highest BCUT2D eigenvalue weighted by Gasteiger charge is 1.97.